The van der Waals surface area contributed by atoms with Crippen molar-refractivity contribution in [1.29, 1.82) is 0 Å². The van der Waals surface area contributed by atoms with Gasteiger partial charge in [-0.05, 0) is 13.3 Å². The first kappa shape index (κ1) is 16.6. The van der Waals surface area contributed by atoms with E-state index in [9.17, 15) is 0 Å². The van der Waals surface area contributed by atoms with Crippen LogP contribution in [0.1, 0.15) is 37.6 Å². The van der Waals surface area contributed by atoms with Crippen molar-refractivity contribution in [3.05, 3.63) is 11.4 Å². The van der Waals surface area contributed by atoms with Gasteiger partial charge in [0.25, 0.3) is 0 Å². The first-order valence-corrected chi connectivity index (χ1v) is 6.87. The van der Waals surface area contributed by atoms with E-state index < -0.39 is 0 Å². The lowest BCUT2D eigenvalue weighted by atomic mass is 10.2. The van der Waals surface area contributed by atoms with Crippen molar-refractivity contribution in [3.8, 4) is 0 Å². The molecular weight excluding hydrogens is 258 g/mol. The molecule has 0 bridgehead atoms. The maximum atomic E-state index is 8.60. The molecule has 1 aromatic heterocycles. The number of ether oxygens (including phenoxy) is 1. The zero-order valence-corrected chi connectivity index (χ0v) is 12.4. The number of aliphatic hydroxyl groups is 1. The van der Waals surface area contributed by atoms with Crippen LogP contribution in [0.5, 0.6) is 0 Å². The predicted molar refractivity (Wildman–Crippen MR) is 79.7 cm³/mol. The van der Waals surface area contributed by atoms with Crippen LogP contribution in [0.15, 0.2) is 0 Å². The van der Waals surface area contributed by atoms with Crippen LogP contribution in [0.25, 0.3) is 0 Å². The first-order valence-electron chi connectivity index (χ1n) is 6.87. The van der Waals surface area contributed by atoms with Gasteiger partial charge >= 0.3 is 0 Å². The van der Waals surface area contributed by atoms with Crippen LogP contribution in [-0.2, 0) is 4.74 Å². The summed E-state index contributed by atoms with van der Waals surface area (Å²) in [6.07, 6.45) is 0.839. The number of hydrogen-bond donors (Lipinski definition) is 4. The van der Waals surface area contributed by atoms with E-state index in [2.05, 4.69) is 20.7 Å². The second kappa shape index (κ2) is 8.68. The second-order valence-corrected chi connectivity index (χ2v) is 4.82. The molecule has 0 saturated heterocycles. The molecule has 1 aromatic rings. The van der Waals surface area contributed by atoms with Crippen LogP contribution in [0.3, 0.4) is 0 Å². The molecule has 0 aliphatic heterocycles. The summed E-state index contributed by atoms with van der Waals surface area (Å²) in [5, 5.41) is 11.9. The third-order valence-corrected chi connectivity index (χ3v) is 2.81. The lowest BCUT2D eigenvalue weighted by Crippen LogP contribution is -2.16. The van der Waals surface area contributed by atoms with E-state index in [1.54, 1.807) is 0 Å². The van der Waals surface area contributed by atoms with Gasteiger partial charge in [-0.2, -0.15) is 0 Å². The number of nitrogens with zero attached hydrogens (tertiary/aromatic N) is 2. The van der Waals surface area contributed by atoms with Crippen molar-refractivity contribution in [2.75, 3.05) is 37.1 Å². The van der Waals surface area contributed by atoms with Crippen LogP contribution < -0.4 is 16.6 Å². The van der Waals surface area contributed by atoms with Gasteiger partial charge in [0.1, 0.15) is 17.5 Å². The molecule has 0 atom stereocenters. The number of hydrazine groups is 1. The SMILES string of the molecule is Cc1c(NN)nc(C(C)C)nc1NCCCOCCO. The van der Waals surface area contributed by atoms with Crippen LogP contribution in [-0.4, -0.2) is 41.4 Å². The summed E-state index contributed by atoms with van der Waals surface area (Å²) in [5.74, 6) is 7.90. The van der Waals surface area contributed by atoms with E-state index in [4.69, 9.17) is 15.7 Å². The van der Waals surface area contributed by atoms with Crippen LogP contribution >= 0.6 is 0 Å². The maximum Gasteiger partial charge on any atom is 0.148 e. The topological polar surface area (TPSA) is 105 Å². The lowest BCUT2D eigenvalue weighted by Gasteiger charge is -2.15. The number of hydrogen-bond acceptors (Lipinski definition) is 7. The minimum Gasteiger partial charge on any atom is -0.394 e. The van der Waals surface area contributed by atoms with Gasteiger partial charge in [-0.3, -0.25) is 0 Å². The Balaban J connectivity index is 2.61. The number of nitrogens with one attached hydrogen (secondary N) is 2. The van der Waals surface area contributed by atoms with Gasteiger partial charge < -0.3 is 20.6 Å². The molecule has 20 heavy (non-hydrogen) atoms. The van der Waals surface area contributed by atoms with Gasteiger partial charge in [-0.1, -0.05) is 13.8 Å². The van der Waals surface area contributed by atoms with E-state index in [0.717, 1.165) is 30.2 Å². The average molecular weight is 283 g/mol. The summed E-state index contributed by atoms with van der Waals surface area (Å²) in [7, 11) is 0. The zero-order chi connectivity index (χ0) is 15.0. The van der Waals surface area contributed by atoms with Gasteiger partial charge in [-0.15, -0.1) is 0 Å². The summed E-state index contributed by atoms with van der Waals surface area (Å²) in [6.45, 7) is 7.79. The molecule has 0 saturated carbocycles. The largest absolute Gasteiger partial charge is 0.394 e. The van der Waals surface area contributed by atoms with E-state index in [1.165, 1.54) is 0 Å². The molecule has 7 heteroatoms. The van der Waals surface area contributed by atoms with E-state index in [-0.39, 0.29) is 12.5 Å². The van der Waals surface area contributed by atoms with Gasteiger partial charge in [0.05, 0.1) is 13.2 Å². The van der Waals surface area contributed by atoms with Crippen molar-refractivity contribution in [3.63, 3.8) is 0 Å². The average Bonchev–Trinajstić information content (AvgIpc) is 2.44. The Kier molecular flexibility index (Phi) is 7.21. The summed E-state index contributed by atoms with van der Waals surface area (Å²) >= 11 is 0. The number of aromatic nitrogens is 2. The maximum absolute atomic E-state index is 8.60. The molecule has 7 nitrogen and oxygen atoms in total. The molecule has 114 valence electrons. The highest BCUT2D eigenvalue weighted by Crippen LogP contribution is 2.22. The molecule has 0 aliphatic carbocycles. The number of nitrogens with two attached hydrogens (primary N) is 1. The van der Waals surface area contributed by atoms with Crippen LogP contribution in [0, 0.1) is 6.92 Å². The molecule has 1 heterocycles. The summed E-state index contributed by atoms with van der Waals surface area (Å²) in [4.78, 5) is 8.90. The fraction of sp³-hybridized carbons (Fsp3) is 0.692. The Morgan fingerprint density at radius 2 is 1.95 bits per heavy atom. The van der Waals surface area contributed by atoms with Crippen molar-refractivity contribution in [2.24, 2.45) is 5.84 Å². The third-order valence-electron chi connectivity index (χ3n) is 2.81. The molecular formula is C13H25N5O2. The van der Waals surface area contributed by atoms with Crippen molar-refractivity contribution >= 4 is 11.6 Å². The monoisotopic (exact) mass is 283 g/mol. The molecule has 0 fully saturated rings. The smallest absolute Gasteiger partial charge is 0.148 e. The summed E-state index contributed by atoms with van der Waals surface area (Å²) < 4.78 is 5.20. The normalized spacial score (nSPS) is 10.9. The Morgan fingerprint density at radius 1 is 1.25 bits per heavy atom. The highest BCUT2D eigenvalue weighted by molar-refractivity contribution is 5.56. The van der Waals surface area contributed by atoms with Crippen molar-refractivity contribution in [2.45, 2.75) is 33.1 Å². The molecule has 1 rings (SSSR count). The molecule has 0 radical (unpaired) electrons. The van der Waals surface area contributed by atoms with Gasteiger partial charge in [0.2, 0.25) is 0 Å². The Labute approximate surface area is 119 Å². The summed E-state index contributed by atoms with van der Waals surface area (Å²) in [6, 6.07) is 0. The van der Waals surface area contributed by atoms with E-state index in [1.807, 2.05) is 20.8 Å². The van der Waals surface area contributed by atoms with Crippen molar-refractivity contribution in [1.82, 2.24) is 9.97 Å². The Hall–Kier alpha value is -1.44. The zero-order valence-electron chi connectivity index (χ0n) is 12.4. The Morgan fingerprint density at radius 3 is 2.55 bits per heavy atom. The minimum absolute atomic E-state index is 0.0573. The number of rotatable bonds is 9. The van der Waals surface area contributed by atoms with Crippen molar-refractivity contribution < 1.29 is 9.84 Å². The highest BCUT2D eigenvalue weighted by Gasteiger charge is 2.12. The molecule has 0 aliphatic rings. The quantitative estimate of drug-likeness (QED) is 0.304. The third kappa shape index (κ3) is 4.92. The van der Waals surface area contributed by atoms with Gasteiger partial charge in [-0.25, -0.2) is 15.8 Å². The van der Waals surface area contributed by atoms with Gasteiger partial charge in [0, 0.05) is 24.6 Å². The molecule has 0 aromatic carbocycles. The Bertz CT molecular complexity index is 412. The van der Waals surface area contributed by atoms with Gasteiger partial charge in [0.15, 0.2) is 0 Å². The molecule has 0 unspecified atom stereocenters. The number of anilines is 2. The van der Waals surface area contributed by atoms with Crippen LogP contribution in [0.2, 0.25) is 0 Å². The van der Waals surface area contributed by atoms with E-state index >= 15 is 0 Å². The fourth-order valence-corrected chi connectivity index (χ4v) is 1.65. The second-order valence-electron chi connectivity index (χ2n) is 4.82. The summed E-state index contributed by atoms with van der Waals surface area (Å²) in [5.41, 5.74) is 3.50. The minimum atomic E-state index is 0.0573. The fourth-order valence-electron chi connectivity index (χ4n) is 1.65. The standard InChI is InChI=1S/C13H25N5O2/c1-9(2)11-16-12(10(3)13(17-11)18-14)15-5-4-7-20-8-6-19/h9,19H,4-8,14H2,1-3H3,(H2,15,16,17,18). The molecule has 5 N–H and O–H groups in total. The molecule has 0 amide bonds. The van der Waals surface area contributed by atoms with Crippen LogP contribution in [0.4, 0.5) is 11.6 Å². The first-order chi connectivity index (χ1) is 9.60. The predicted octanol–water partition coefficient (Wildman–Crippen LogP) is 1.00. The number of nitrogen functional groups attached to an aromatic ring is 1. The highest BCUT2D eigenvalue weighted by atomic mass is 16.5. The molecule has 0 spiro atoms. The van der Waals surface area contributed by atoms with E-state index in [0.29, 0.717) is 19.0 Å². The number of aliphatic hydroxyl groups excluding tert-OH is 1. The lowest BCUT2D eigenvalue weighted by molar-refractivity contribution is 0.0922.